The van der Waals surface area contributed by atoms with Gasteiger partial charge in [0.05, 0.1) is 12.7 Å². The van der Waals surface area contributed by atoms with Crippen molar-refractivity contribution in [2.45, 2.75) is 26.8 Å². The zero-order valence-electron chi connectivity index (χ0n) is 11.9. The molecule has 0 aliphatic carbocycles. The normalized spacial score (nSPS) is 11.4. The van der Waals surface area contributed by atoms with Crippen molar-refractivity contribution >= 4 is 5.97 Å². The molecule has 0 heterocycles. The molecule has 1 rings (SSSR count). The van der Waals surface area contributed by atoms with Gasteiger partial charge in [0, 0.05) is 19.7 Å². The maximum Gasteiger partial charge on any atom is 0.338 e. The molecule has 2 N–H and O–H groups in total. The van der Waals surface area contributed by atoms with Crippen LogP contribution in [0.25, 0.3) is 0 Å². The summed E-state index contributed by atoms with van der Waals surface area (Å²) in [6.07, 6.45) is 0.749. The number of carbonyl (C=O) groups excluding carboxylic acids is 1. The third kappa shape index (κ3) is 5.01. The van der Waals surface area contributed by atoms with E-state index in [2.05, 4.69) is 19.2 Å². The van der Waals surface area contributed by atoms with Gasteiger partial charge >= 0.3 is 5.97 Å². The molecule has 0 aliphatic rings. The number of hydrogen-bond acceptors (Lipinski definition) is 4. The van der Waals surface area contributed by atoms with Gasteiger partial charge in [0.15, 0.2) is 0 Å². The fourth-order valence-corrected chi connectivity index (χ4v) is 1.91. The summed E-state index contributed by atoms with van der Waals surface area (Å²) in [6.45, 7) is 5.78. The maximum absolute atomic E-state index is 11.6. The summed E-state index contributed by atoms with van der Waals surface area (Å²) in [5.41, 5.74) is 1.56. The predicted molar refractivity (Wildman–Crippen MR) is 75.0 cm³/mol. The first-order valence-electron chi connectivity index (χ1n) is 6.48. The lowest BCUT2D eigenvalue weighted by atomic mass is 9.89. The van der Waals surface area contributed by atoms with Crippen molar-refractivity contribution in [3.05, 3.63) is 35.4 Å². The van der Waals surface area contributed by atoms with Gasteiger partial charge in [0.25, 0.3) is 0 Å². The third-order valence-corrected chi connectivity index (χ3v) is 3.13. The Morgan fingerprint density at radius 3 is 2.68 bits per heavy atom. The van der Waals surface area contributed by atoms with E-state index >= 15 is 0 Å². The molecule has 0 fully saturated rings. The predicted octanol–water partition coefficient (Wildman–Crippen LogP) is 1.97. The fraction of sp³-hybridized carbons (Fsp3) is 0.533. The van der Waals surface area contributed by atoms with Crippen molar-refractivity contribution in [2.75, 3.05) is 20.3 Å². The molecule has 0 bridgehead atoms. The van der Waals surface area contributed by atoms with Gasteiger partial charge in [-0.15, -0.1) is 0 Å². The summed E-state index contributed by atoms with van der Waals surface area (Å²) in [5.74, 6) is -0.313. The van der Waals surface area contributed by atoms with E-state index in [1.807, 2.05) is 18.2 Å². The molecule has 0 unspecified atom stereocenters. The summed E-state index contributed by atoms with van der Waals surface area (Å²) in [5, 5.41) is 12.3. The van der Waals surface area contributed by atoms with Crippen LogP contribution in [0.3, 0.4) is 0 Å². The van der Waals surface area contributed by atoms with Gasteiger partial charge in [-0.3, -0.25) is 0 Å². The highest BCUT2D eigenvalue weighted by Crippen LogP contribution is 2.18. The Morgan fingerprint density at radius 2 is 2.05 bits per heavy atom. The second-order valence-corrected chi connectivity index (χ2v) is 5.39. The SMILES string of the molecule is COC(=O)c1ccccc1CNCC(C)(C)CCO. The molecule has 0 atom stereocenters. The molecule has 0 aliphatic heterocycles. The quantitative estimate of drug-likeness (QED) is 0.740. The third-order valence-electron chi connectivity index (χ3n) is 3.13. The molecule has 4 nitrogen and oxygen atoms in total. The van der Waals surface area contributed by atoms with E-state index in [1.54, 1.807) is 6.07 Å². The minimum absolute atomic E-state index is 0.0367. The molecule has 0 saturated carbocycles. The van der Waals surface area contributed by atoms with Crippen LogP contribution >= 0.6 is 0 Å². The van der Waals surface area contributed by atoms with Crippen LogP contribution in [0.2, 0.25) is 0 Å². The van der Waals surface area contributed by atoms with Crippen LogP contribution in [0.5, 0.6) is 0 Å². The number of nitrogens with one attached hydrogen (secondary N) is 1. The van der Waals surface area contributed by atoms with Crippen molar-refractivity contribution in [3.8, 4) is 0 Å². The molecule has 0 aromatic heterocycles. The lowest BCUT2D eigenvalue weighted by Gasteiger charge is -2.24. The molecule has 4 heteroatoms. The zero-order valence-corrected chi connectivity index (χ0v) is 11.9. The molecule has 1 aromatic carbocycles. The highest BCUT2D eigenvalue weighted by molar-refractivity contribution is 5.90. The summed E-state index contributed by atoms with van der Waals surface area (Å²) >= 11 is 0. The Balaban J connectivity index is 2.61. The largest absolute Gasteiger partial charge is 0.465 e. The Labute approximate surface area is 114 Å². The number of carbonyl (C=O) groups is 1. The Kier molecular flexibility index (Phi) is 5.99. The van der Waals surface area contributed by atoms with Crippen molar-refractivity contribution in [1.29, 1.82) is 0 Å². The monoisotopic (exact) mass is 265 g/mol. The smallest absolute Gasteiger partial charge is 0.338 e. The first kappa shape index (κ1) is 15.7. The Hall–Kier alpha value is -1.39. The second kappa shape index (κ2) is 7.26. The van der Waals surface area contributed by atoms with Crippen LogP contribution in [0, 0.1) is 5.41 Å². The average Bonchev–Trinajstić information content (AvgIpc) is 2.38. The molecule has 106 valence electrons. The molecular formula is C15H23NO3. The van der Waals surface area contributed by atoms with Gasteiger partial charge in [-0.2, -0.15) is 0 Å². The minimum Gasteiger partial charge on any atom is -0.465 e. The first-order chi connectivity index (χ1) is 9.00. The van der Waals surface area contributed by atoms with E-state index in [9.17, 15) is 4.79 Å². The van der Waals surface area contributed by atoms with Crippen LogP contribution in [0.15, 0.2) is 24.3 Å². The van der Waals surface area contributed by atoms with Gasteiger partial charge in [-0.1, -0.05) is 32.0 Å². The van der Waals surface area contributed by atoms with Gasteiger partial charge in [-0.25, -0.2) is 4.79 Å². The van der Waals surface area contributed by atoms with Gasteiger partial charge in [-0.05, 0) is 23.5 Å². The number of rotatable bonds is 7. The van der Waals surface area contributed by atoms with Crippen molar-refractivity contribution < 1.29 is 14.6 Å². The van der Waals surface area contributed by atoms with Crippen LogP contribution < -0.4 is 5.32 Å². The number of hydrogen-bond donors (Lipinski definition) is 2. The summed E-state index contributed by atoms with van der Waals surface area (Å²) in [6, 6.07) is 7.41. The Bertz CT molecular complexity index is 416. The summed E-state index contributed by atoms with van der Waals surface area (Å²) in [7, 11) is 1.39. The summed E-state index contributed by atoms with van der Waals surface area (Å²) < 4.78 is 4.76. The molecule has 19 heavy (non-hydrogen) atoms. The van der Waals surface area contributed by atoms with Crippen molar-refractivity contribution in [3.63, 3.8) is 0 Å². The van der Waals surface area contributed by atoms with Crippen molar-refractivity contribution in [2.24, 2.45) is 5.41 Å². The van der Waals surface area contributed by atoms with Gasteiger partial charge < -0.3 is 15.2 Å². The molecular weight excluding hydrogens is 242 g/mol. The average molecular weight is 265 g/mol. The number of aliphatic hydroxyl groups excluding tert-OH is 1. The molecule has 0 saturated heterocycles. The van der Waals surface area contributed by atoms with Gasteiger partial charge in [0.2, 0.25) is 0 Å². The number of benzene rings is 1. The standard InChI is InChI=1S/C15H23NO3/c1-15(2,8-9-17)11-16-10-12-6-4-5-7-13(12)14(18)19-3/h4-7,16-17H,8-11H2,1-3H3. The lowest BCUT2D eigenvalue weighted by Crippen LogP contribution is -2.30. The molecule has 1 aromatic rings. The van der Waals surface area contributed by atoms with Crippen LogP contribution in [0.4, 0.5) is 0 Å². The number of methoxy groups -OCH3 is 1. The van der Waals surface area contributed by atoms with Gasteiger partial charge in [0.1, 0.15) is 0 Å². The number of ether oxygens (including phenoxy) is 1. The Morgan fingerprint density at radius 1 is 1.37 bits per heavy atom. The highest BCUT2D eigenvalue weighted by atomic mass is 16.5. The first-order valence-corrected chi connectivity index (χ1v) is 6.48. The summed E-state index contributed by atoms with van der Waals surface area (Å²) in [4.78, 5) is 11.6. The van der Waals surface area contributed by atoms with E-state index in [1.165, 1.54) is 7.11 Å². The van der Waals surface area contributed by atoms with E-state index in [-0.39, 0.29) is 18.0 Å². The van der Waals surface area contributed by atoms with Crippen molar-refractivity contribution in [1.82, 2.24) is 5.32 Å². The van der Waals surface area contributed by atoms with E-state index in [4.69, 9.17) is 9.84 Å². The topological polar surface area (TPSA) is 58.6 Å². The molecule has 0 spiro atoms. The number of aliphatic hydroxyl groups is 1. The fourth-order valence-electron chi connectivity index (χ4n) is 1.91. The maximum atomic E-state index is 11.6. The van der Waals surface area contributed by atoms with Crippen LogP contribution in [0.1, 0.15) is 36.2 Å². The molecule has 0 radical (unpaired) electrons. The lowest BCUT2D eigenvalue weighted by molar-refractivity contribution is 0.0599. The van der Waals surface area contributed by atoms with Crippen LogP contribution in [-0.2, 0) is 11.3 Å². The highest BCUT2D eigenvalue weighted by Gasteiger charge is 2.17. The second-order valence-electron chi connectivity index (χ2n) is 5.39. The van der Waals surface area contributed by atoms with E-state index in [0.717, 1.165) is 18.5 Å². The number of esters is 1. The van der Waals surface area contributed by atoms with E-state index in [0.29, 0.717) is 12.1 Å². The van der Waals surface area contributed by atoms with Crippen LogP contribution in [-0.4, -0.2) is 31.3 Å². The minimum atomic E-state index is -0.313. The van der Waals surface area contributed by atoms with E-state index < -0.39 is 0 Å². The molecule has 0 amide bonds. The zero-order chi connectivity index (χ0) is 14.3.